The van der Waals surface area contributed by atoms with Crippen LogP contribution in [0.2, 0.25) is 0 Å². The molecule has 199 valence electrons. The molecule has 3 aromatic rings. The van der Waals surface area contributed by atoms with E-state index in [1.165, 1.54) is 0 Å². The van der Waals surface area contributed by atoms with Gasteiger partial charge in [0.15, 0.2) is 0 Å². The first kappa shape index (κ1) is 30.3. The first-order valence-electron chi connectivity index (χ1n) is 12.7. The van der Waals surface area contributed by atoms with E-state index in [0.717, 1.165) is 35.1 Å². The number of nitrogens with zero attached hydrogens (tertiary/aromatic N) is 2. The van der Waals surface area contributed by atoms with Crippen LogP contribution < -0.4 is 0 Å². The standard InChI is InChI=1S/C32H40N2O2.Co/c1-9-21-15-25(31(3,4)5)17-23(29(21)35)19-33-27-13-11-12-14-28(27)34-20-24-18-26(32(6,7)8)16-22(10-2)30(24)36;/h11-20,35-36H,9-10H2,1-8H3;. The number of phenolic OH excluding ortho intramolecular Hbond substituents is 2. The van der Waals surface area contributed by atoms with Gasteiger partial charge in [0.1, 0.15) is 11.5 Å². The van der Waals surface area contributed by atoms with Gasteiger partial charge in [-0.25, -0.2) is 0 Å². The summed E-state index contributed by atoms with van der Waals surface area (Å²) in [7, 11) is 0. The summed E-state index contributed by atoms with van der Waals surface area (Å²) >= 11 is 0. The monoisotopic (exact) mass is 543 g/mol. The van der Waals surface area contributed by atoms with E-state index >= 15 is 0 Å². The third kappa shape index (κ3) is 7.33. The molecule has 0 spiro atoms. The molecule has 5 heteroatoms. The summed E-state index contributed by atoms with van der Waals surface area (Å²) in [6, 6.07) is 15.8. The van der Waals surface area contributed by atoms with Crippen molar-refractivity contribution in [1.82, 2.24) is 0 Å². The van der Waals surface area contributed by atoms with Gasteiger partial charge in [-0.15, -0.1) is 0 Å². The van der Waals surface area contributed by atoms with Crippen molar-refractivity contribution in [3.05, 3.63) is 81.9 Å². The van der Waals surface area contributed by atoms with Crippen molar-refractivity contribution in [3.63, 3.8) is 0 Å². The Morgan fingerprint density at radius 3 is 1.30 bits per heavy atom. The maximum absolute atomic E-state index is 10.8. The predicted octanol–water partition coefficient (Wildman–Crippen LogP) is 8.32. The van der Waals surface area contributed by atoms with Gasteiger partial charge in [-0.3, -0.25) is 9.98 Å². The fraction of sp³-hybridized carbons (Fsp3) is 0.375. The van der Waals surface area contributed by atoms with Gasteiger partial charge in [0.2, 0.25) is 0 Å². The number of hydrogen-bond donors (Lipinski definition) is 2. The van der Waals surface area contributed by atoms with Gasteiger partial charge in [-0.05, 0) is 70.2 Å². The molecular formula is C32H40CoN2O2. The van der Waals surface area contributed by atoms with Gasteiger partial charge in [0.05, 0.1) is 11.4 Å². The molecule has 0 bridgehead atoms. The maximum atomic E-state index is 10.8. The zero-order valence-corrected chi connectivity index (χ0v) is 24.4. The van der Waals surface area contributed by atoms with Gasteiger partial charge in [-0.1, -0.05) is 79.7 Å². The Kier molecular flexibility index (Phi) is 9.92. The second kappa shape index (κ2) is 12.1. The van der Waals surface area contributed by atoms with Crippen LogP contribution in [0.4, 0.5) is 11.4 Å². The zero-order valence-electron chi connectivity index (χ0n) is 23.3. The molecule has 0 amide bonds. The van der Waals surface area contributed by atoms with E-state index < -0.39 is 0 Å². The van der Waals surface area contributed by atoms with Crippen molar-refractivity contribution in [3.8, 4) is 11.5 Å². The Balaban J connectivity index is 0.00000481. The van der Waals surface area contributed by atoms with Crippen LogP contribution in [0.3, 0.4) is 0 Å². The summed E-state index contributed by atoms with van der Waals surface area (Å²) in [5, 5.41) is 21.6. The number of aromatic hydroxyl groups is 2. The number of aryl methyl sites for hydroxylation is 2. The second-order valence-corrected chi connectivity index (χ2v) is 11.4. The molecule has 0 saturated heterocycles. The topological polar surface area (TPSA) is 65.2 Å². The Morgan fingerprint density at radius 1 is 0.649 bits per heavy atom. The van der Waals surface area contributed by atoms with Crippen molar-refractivity contribution in [2.45, 2.75) is 79.1 Å². The third-order valence-corrected chi connectivity index (χ3v) is 6.50. The average Bonchev–Trinajstić information content (AvgIpc) is 2.81. The molecule has 0 aliphatic heterocycles. The summed E-state index contributed by atoms with van der Waals surface area (Å²) in [4.78, 5) is 9.40. The molecule has 37 heavy (non-hydrogen) atoms. The summed E-state index contributed by atoms with van der Waals surface area (Å²) in [5.41, 5.74) is 6.84. The Labute approximate surface area is 232 Å². The molecule has 3 aromatic carbocycles. The number of rotatable bonds is 6. The van der Waals surface area contributed by atoms with Crippen molar-refractivity contribution in [2.24, 2.45) is 9.98 Å². The first-order valence-corrected chi connectivity index (χ1v) is 12.7. The van der Waals surface area contributed by atoms with E-state index in [1.54, 1.807) is 12.4 Å². The second-order valence-electron chi connectivity index (χ2n) is 11.4. The van der Waals surface area contributed by atoms with Gasteiger partial charge >= 0.3 is 0 Å². The van der Waals surface area contributed by atoms with Crippen LogP contribution in [0.25, 0.3) is 0 Å². The predicted molar refractivity (Wildman–Crippen MR) is 153 cm³/mol. The van der Waals surface area contributed by atoms with Crippen LogP contribution in [0.1, 0.15) is 88.8 Å². The van der Waals surface area contributed by atoms with Crippen molar-refractivity contribution < 1.29 is 27.0 Å². The zero-order chi connectivity index (χ0) is 26.7. The van der Waals surface area contributed by atoms with Gasteiger partial charge in [0, 0.05) is 40.3 Å². The van der Waals surface area contributed by atoms with E-state index in [1.807, 2.05) is 50.2 Å². The quantitative estimate of drug-likeness (QED) is 0.307. The van der Waals surface area contributed by atoms with Crippen LogP contribution in [0.5, 0.6) is 11.5 Å². The number of aliphatic imine (C=N–C) groups is 2. The van der Waals surface area contributed by atoms with E-state index in [4.69, 9.17) is 9.98 Å². The summed E-state index contributed by atoms with van der Waals surface area (Å²) < 4.78 is 0. The molecule has 0 unspecified atom stereocenters. The smallest absolute Gasteiger partial charge is 0.127 e. The van der Waals surface area contributed by atoms with Gasteiger partial charge in [-0.2, -0.15) is 0 Å². The molecule has 0 heterocycles. The molecule has 0 aromatic heterocycles. The fourth-order valence-electron chi connectivity index (χ4n) is 4.00. The largest absolute Gasteiger partial charge is 0.507 e. The number of hydrogen-bond acceptors (Lipinski definition) is 4. The maximum Gasteiger partial charge on any atom is 0.127 e. The molecule has 0 saturated carbocycles. The molecular weight excluding hydrogens is 503 g/mol. The van der Waals surface area contributed by atoms with E-state index in [2.05, 4.69) is 53.7 Å². The van der Waals surface area contributed by atoms with Crippen LogP contribution >= 0.6 is 0 Å². The molecule has 2 N–H and O–H groups in total. The number of para-hydroxylation sites is 2. The summed E-state index contributed by atoms with van der Waals surface area (Å²) in [6.45, 7) is 17.1. The Bertz CT molecular complexity index is 1190. The summed E-state index contributed by atoms with van der Waals surface area (Å²) in [5.74, 6) is 0.539. The van der Waals surface area contributed by atoms with Crippen molar-refractivity contribution in [2.75, 3.05) is 0 Å². The molecule has 0 aliphatic carbocycles. The summed E-state index contributed by atoms with van der Waals surface area (Å²) in [6.07, 6.45) is 4.92. The van der Waals surface area contributed by atoms with Crippen LogP contribution in [0, 0.1) is 0 Å². The van der Waals surface area contributed by atoms with Crippen LogP contribution in [0.15, 0.2) is 58.5 Å². The minimum atomic E-state index is -0.0383. The van der Waals surface area contributed by atoms with E-state index in [0.29, 0.717) is 22.5 Å². The average molecular weight is 544 g/mol. The van der Waals surface area contributed by atoms with E-state index in [9.17, 15) is 10.2 Å². The molecule has 3 rings (SSSR count). The first-order chi connectivity index (χ1) is 16.8. The molecule has 1 radical (unpaired) electrons. The molecule has 0 fully saturated rings. The minimum Gasteiger partial charge on any atom is -0.507 e. The molecule has 4 nitrogen and oxygen atoms in total. The normalized spacial score (nSPS) is 12.3. The van der Waals surface area contributed by atoms with Crippen LogP contribution in [-0.4, -0.2) is 22.6 Å². The van der Waals surface area contributed by atoms with Gasteiger partial charge in [0.25, 0.3) is 0 Å². The molecule has 0 atom stereocenters. The number of benzene rings is 3. The van der Waals surface area contributed by atoms with Crippen molar-refractivity contribution in [1.29, 1.82) is 0 Å². The SMILES string of the molecule is CCc1cc(C(C)(C)C)cc(C=Nc2ccccc2N=Cc2cc(C(C)(C)C)cc(CC)c2O)c1O.[Co]. The van der Waals surface area contributed by atoms with Crippen LogP contribution in [-0.2, 0) is 40.5 Å². The Morgan fingerprint density at radius 2 is 1.00 bits per heavy atom. The minimum absolute atomic E-state index is 0. The van der Waals surface area contributed by atoms with Crippen molar-refractivity contribution >= 4 is 23.8 Å². The third-order valence-electron chi connectivity index (χ3n) is 6.50. The number of phenols is 2. The van der Waals surface area contributed by atoms with Gasteiger partial charge < -0.3 is 10.2 Å². The Hall–Kier alpha value is -2.89. The molecule has 0 aliphatic rings. The van der Waals surface area contributed by atoms with E-state index in [-0.39, 0.29) is 39.1 Å². The fourth-order valence-corrected chi connectivity index (χ4v) is 4.00.